The molecule has 1 unspecified atom stereocenters. The number of nitrogens with two attached hydrogens (primary N) is 1. The third kappa shape index (κ3) is 2.78. The Morgan fingerprint density at radius 2 is 1.76 bits per heavy atom. The molecule has 2 saturated heterocycles. The Balaban J connectivity index is 2.11. The first-order valence-electron chi connectivity index (χ1n) is 5.78. The van der Waals surface area contributed by atoms with Crippen LogP contribution in [0, 0.1) is 0 Å². The molecule has 8 heteroatoms. The second-order valence-electron chi connectivity index (χ2n) is 4.09. The van der Waals surface area contributed by atoms with Crippen LogP contribution < -0.4 is 5.73 Å². The average Bonchev–Trinajstić information content (AvgIpc) is 2.39. The van der Waals surface area contributed by atoms with Crippen LogP contribution in [0.4, 0.5) is 0 Å². The van der Waals surface area contributed by atoms with Crippen LogP contribution >= 0.6 is 0 Å². The first-order valence-corrected chi connectivity index (χ1v) is 7.18. The van der Waals surface area contributed by atoms with Gasteiger partial charge in [0.15, 0.2) is 0 Å². The Kier molecular flexibility index (Phi) is 4.34. The average molecular weight is 265 g/mol. The summed E-state index contributed by atoms with van der Waals surface area (Å²) in [5, 5.41) is 0. The highest BCUT2D eigenvalue weighted by atomic mass is 32.2. The Bertz CT molecular complexity index is 342. The van der Waals surface area contributed by atoms with Crippen LogP contribution in [0.15, 0.2) is 0 Å². The minimum absolute atomic E-state index is 0.253. The summed E-state index contributed by atoms with van der Waals surface area (Å²) in [6.45, 7) is 3.20. The molecule has 0 aromatic rings. The van der Waals surface area contributed by atoms with Gasteiger partial charge in [-0.25, -0.2) is 0 Å². The minimum Gasteiger partial charge on any atom is -0.379 e. The fourth-order valence-electron chi connectivity index (χ4n) is 2.05. The van der Waals surface area contributed by atoms with E-state index in [9.17, 15) is 8.42 Å². The Morgan fingerprint density at radius 1 is 1.12 bits per heavy atom. The molecule has 7 nitrogen and oxygen atoms in total. The molecule has 0 aromatic carbocycles. The van der Waals surface area contributed by atoms with Gasteiger partial charge in [-0.1, -0.05) is 0 Å². The summed E-state index contributed by atoms with van der Waals surface area (Å²) < 4.78 is 38.1. The normalized spacial score (nSPS) is 29.4. The second-order valence-corrected chi connectivity index (χ2v) is 5.98. The van der Waals surface area contributed by atoms with Crippen molar-refractivity contribution in [1.29, 1.82) is 0 Å². The number of hydrogen-bond acceptors (Lipinski definition) is 5. The highest BCUT2D eigenvalue weighted by Crippen LogP contribution is 2.16. The molecule has 0 amide bonds. The first kappa shape index (κ1) is 13.2. The van der Waals surface area contributed by atoms with Crippen molar-refractivity contribution in [2.75, 3.05) is 52.6 Å². The van der Waals surface area contributed by atoms with Gasteiger partial charge in [-0.05, 0) is 0 Å². The van der Waals surface area contributed by atoms with Gasteiger partial charge in [0, 0.05) is 26.2 Å². The Hall–Kier alpha value is -0.250. The number of morpholine rings is 2. The van der Waals surface area contributed by atoms with E-state index in [1.165, 1.54) is 8.61 Å². The molecule has 0 aromatic heterocycles. The van der Waals surface area contributed by atoms with Crippen molar-refractivity contribution in [1.82, 2.24) is 8.61 Å². The van der Waals surface area contributed by atoms with E-state index >= 15 is 0 Å². The van der Waals surface area contributed by atoms with Crippen molar-refractivity contribution in [2.45, 2.75) is 6.04 Å². The summed E-state index contributed by atoms with van der Waals surface area (Å²) >= 11 is 0. The molecule has 0 aliphatic carbocycles. The fraction of sp³-hybridized carbons (Fsp3) is 1.00. The third-order valence-corrected chi connectivity index (χ3v) is 5.13. The number of rotatable bonds is 3. The van der Waals surface area contributed by atoms with Crippen LogP contribution in [0.1, 0.15) is 0 Å². The standard InChI is InChI=1S/C9H19N3O4S/c10-7-9-8-16-6-3-12(9)17(13,14)11-1-4-15-5-2-11/h9H,1-8,10H2. The predicted octanol–water partition coefficient (Wildman–Crippen LogP) is -1.78. The largest absolute Gasteiger partial charge is 0.379 e. The quantitative estimate of drug-likeness (QED) is 0.652. The molecule has 100 valence electrons. The molecule has 2 aliphatic rings. The van der Waals surface area contributed by atoms with E-state index in [1.54, 1.807) is 0 Å². The third-order valence-electron chi connectivity index (χ3n) is 3.04. The van der Waals surface area contributed by atoms with Crippen LogP contribution in [-0.2, 0) is 19.7 Å². The van der Waals surface area contributed by atoms with Gasteiger partial charge in [-0.15, -0.1) is 0 Å². The van der Waals surface area contributed by atoms with Gasteiger partial charge >= 0.3 is 0 Å². The topological polar surface area (TPSA) is 85.1 Å². The molecule has 0 saturated carbocycles. The van der Waals surface area contributed by atoms with Crippen LogP contribution in [0.2, 0.25) is 0 Å². The van der Waals surface area contributed by atoms with E-state index in [2.05, 4.69) is 0 Å². The van der Waals surface area contributed by atoms with Crippen molar-refractivity contribution in [2.24, 2.45) is 5.73 Å². The van der Waals surface area contributed by atoms with Gasteiger partial charge in [0.1, 0.15) is 0 Å². The molecule has 1 atom stereocenters. The molecule has 0 radical (unpaired) electrons. The molecule has 2 N–H and O–H groups in total. The zero-order chi connectivity index (χ0) is 12.3. The number of nitrogens with zero attached hydrogens (tertiary/aromatic N) is 2. The Labute approximate surface area is 102 Å². The molecule has 2 aliphatic heterocycles. The van der Waals surface area contributed by atoms with Gasteiger partial charge in [0.25, 0.3) is 10.2 Å². The van der Waals surface area contributed by atoms with Crippen molar-refractivity contribution in [3.05, 3.63) is 0 Å². The molecule has 2 rings (SSSR count). The zero-order valence-corrected chi connectivity index (χ0v) is 10.6. The van der Waals surface area contributed by atoms with E-state index in [0.717, 1.165) is 0 Å². The first-order chi connectivity index (χ1) is 8.16. The fourth-order valence-corrected chi connectivity index (χ4v) is 3.79. The maximum atomic E-state index is 12.4. The molecule has 2 heterocycles. The summed E-state index contributed by atoms with van der Waals surface area (Å²) in [5.74, 6) is 0. The van der Waals surface area contributed by atoms with Gasteiger partial charge in [0.2, 0.25) is 0 Å². The smallest absolute Gasteiger partial charge is 0.282 e. The van der Waals surface area contributed by atoms with Gasteiger partial charge < -0.3 is 15.2 Å². The zero-order valence-electron chi connectivity index (χ0n) is 9.75. The second kappa shape index (κ2) is 5.59. The maximum Gasteiger partial charge on any atom is 0.282 e. The molecule has 0 spiro atoms. The number of hydrogen-bond donors (Lipinski definition) is 1. The van der Waals surface area contributed by atoms with Crippen LogP contribution in [-0.4, -0.2) is 75.7 Å². The van der Waals surface area contributed by atoms with Crippen molar-refractivity contribution < 1.29 is 17.9 Å². The van der Waals surface area contributed by atoms with Crippen molar-refractivity contribution >= 4 is 10.2 Å². The van der Waals surface area contributed by atoms with Crippen LogP contribution in [0.5, 0.6) is 0 Å². The number of ether oxygens (including phenoxy) is 2. The van der Waals surface area contributed by atoms with E-state index in [-0.39, 0.29) is 12.6 Å². The lowest BCUT2D eigenvalue weighted by molar-refractivity contribution is 0.0272. The van der Waals surface area contributed by atoms with Crippen LogP contribution in [0.25, 0.3) is 0 Å². The highest BCUT2D eigenvalue weighted by molar-refractivity contribution is 7.86. The summed E-state index contributed by atoms with van der Waals surface area (Å²) in [7, 11) is -3.42. The molecule has 0 bridgehead atoms. The molecular formula is C9H19N3O4S. The summed E-state index contributed by atoms with van der Waals surface area (Å²) in [4.78, 5) is 0. The molecular weight excluding hydrogens is 246 g/mol. The van der Waals surface area contributed by atoms with Gasteiger partial charge in [0.05, 0.1) is 32.5 Å². The lowest BCUT2D eigenvalue weighted by Gasteiger charge is -2.38. The van der Waals surface area contributed by atoms with E-state index in [0.29, 0.717) is 46.1 Å². The lowest BCUT2D eigenvalue weighted by Crippen LogP contribution is -2.57. The van der Waals surface area contributed by atoms with Crippen molar-refractivity contribution in [3.8, 4) is 0 Å². The van der Waals surface area contributed by atoms with E-state index in [1.807, 2.05) is 0 Å². The summed E-state index contributed by atoms with van der Waals surface area (Å²) in [6.07, 6.45) is 0. The maximum absolute atomic E-state index is 12.4. The molecule has 17 heavy (non-hydrogen) atoms. The SMILES string of the molecule is NCC1COCCN1S(=O)(=O)N1CCOCC1. The minimum atomic E-state index is -3.42. The van der Waals surface area contributed by atoms with Crippen LogP contribution in [0.3, 0.4) is 0 Å². The monoisotopic (exact) mass is 265 g/mol. The van der Waals surface area contributed by atoms with E-state index < -0.39 is 10.2 Å². The predicted molar refractivity (Wildman–Crippen MR) is 61.7 cm³/mol. The summed E-state index contributed by atoms with van der Waals surface area (Å²) in [6, 6.07) is -0.253. The lowest BCUT2D eigenvalue weighted by atomic mass is 10.3. The Morgan fingerprint density at radius 3 is 2.41 bits per heavy atom. The van der Waals surface area contributed by atoms with Gasteiger partial charge in [-0.3, -0.25) is 0 Å². The summed E-state index contributed by atoms with van der Waals surface area (Å²) in [5.41, 5.74) is 5.59. The van der Waals surface area contributed by atoms with E-state index in [4.69, 9.17) is 15.2 Å². The van der Waals surface area contributed by atoms with Crippen molar-refractivity contribution in [3.63, 3.8) is 0 Å². The molecule has 2 fully saturated rings. The highest BCUT2D eigenvalue weighted by Gasteiger charge is 2.36. The van der Waals surface area contributed by atoms with Gasteiger partial charge in [-0.2, -0.15) is 17.0 Å².